The highest BCUT2D eigenvalue weighted by Crippen LogP contribution is 2.26. The number of thioether (sulfide) groups is 1. The van der Waals surface area contributed by atoms with Crippen LogP contribution in [0.15, 0.2) is 26.3 Å². The zero-order valence-corrected chi connectivity index (χ0v) is 11.1. The second-order valence-electron chi connectivity index (χ2n) is 3.30. The number of furan rings is 1. The van der Waals surface area contributed by atoms with Gasteiger partial charge < -0.3 is 9.15 Å². The van der Waals surface area contributed by atoms with Crippen molar-refractivity contribution in [1.29, 1.82) is 0 Å². The number of aromatic nitrogens is 1. The van der Waals surface area contributed by atoms with E-state index < -0.39 is 5.97 Å². The van der Waals surface area contributed by atoms with E-state index in [1.807, 2.05) is 12.3 Å². The molecule has 0 fully saturated rings. The van der Waals surface area contributed by atoms with Crippen molar-refractivity contribution in [2.75, 3.05) is 7.11 Å². The van der Waals surface area contributed by atoms with Gasteiger partial charge in [-0.1, -0.05) is 11.8 Å². The van der Waals surface area contributed by atoms with Crippen LogP contribution in [-0.4, -0.2) is 18.1 Å². The summed E-state index contributed by atoms with van der Waals surface area (Å²) in [5.41, 5.74) is 1.02. The highest BCUT2D eigenvalue weighted by Gasteiger charge is 2.11. The molecule has 0 saturated carbocycles. The summed E-state index contributed by atoms with van der Waals surface area (Å²) in [5, 5.41) is 2.00. The standard InChI is InChI=1S/C11H11NO3S2/c1-7-5-16-11(12-7)17-6-8-3-4-9(15-8)10(13)14-2/h3-5H,6H2,1-2H3. The summed E-state index contributed by atoms with van der Waals surface area (Å²) >= 11 is 3.19. The third-order valence-corrected chi connectivity index (χ3v) is 4.15. The Hall–Kier alpha value is -1.27. The molecule has 0 atom stereocenters. The third kappa shape index (κ3) is 3.10. The summed E-state index contributed by atoms with van der Waals surface area (Å²) in [6, 6.07) is 3.40. The molecule has 0 aliphatic carbocycles. The van der Waals surface area contributed by atoms with Crippen molar-refractivity contribution in [3.8, 4) is 0 Å². The van der Waals surface area contributed by atoms with Crippen LogP contribution in [0, 0.1) is 6.92 Å². The molecule has 2 heterocycles. The fraction of sp³-hybridized carbons (Fsp3) is 0.273. The smallest absolute Gasteiger partial charge is 0.373 e. The lowest BCUT2D eigenvalue weighted by Gasteiger charge is -1.95. The minimum atomic E-state index is -0.452. The van der Waals surface area contributed by atoms with Crippen molar-refractivity contribution in [3.05, 3.63) is 34.7 Å². The number of ether oxygens (including phenoxy) is 1. The first-order valence-electron chi connectivity index (χ1n) is 4.91. The normalized spacial score (nSPS) is 10.5. The summed E-state index contributed by atoms with van der Waals surface area (Å²) in [7, 11) is 1.33. The fourth-order valence-corrected chi connectivity index (χ4v) is 2.94. The van der Waals surface area contributed by atoms with Crippen LogP contribution in [0.2, 0.25) is 0 Å². The van der Waals surface area contributed by atoms with Crippen LogP contribution in [0.5, 0.6) is 0 Å². The Bertz CT molecular complexity index is 518. The molecule has 2 aromatic heterocycles. The average molecular weight is 269 g/mol. The molecule has 2 rings (SSSR count). The quantitative estimate of drug-likeness (QED) is 0.630. The third-order valence-electron chi connectivity index (χ3n) is 1.98. The van der Waals surface area contributed by atoms with Gasteiger partial charge in [-0.25, -0.2) is 9.78 Å². The van der Waals surface area contributed by atoms with Crippen LogP contribution < -0.4 is 0 Å². The number of esters is 1. The van der Waals surface area contributed by atoms with Gasteiger partial charge in [0.25, 0.3) is 0 Å². The summed E-state index contributed by atoms with van der Waals surface area (Å²) in [6.45, 7) is 1.96. The molecule has 0 amide bonds. The minimum absolute atomic E-state index is 0.235. The molecule has 0 aromatic carbocycles. The summed E-state index contributed by atoms with van der Waals surface area (Å²) in [5.74, 6) is 1.18. The number of hydrogen-bond donors (Lipinski definition) is 0. The Kier molecular flexibility index (Phi) is 3.86. The maximum Gasteiger partial charge on any atom is 0.373 e. The van der Waals surface area contributed by atoms with E-state index in [-0.39, 0.29) is 5.76 Å². The van der Waals surface area contributed by atoms with E-state index in [9.17, 15) is 4.79 Å². The maximum atomic E-state index is 11.2. The molecule has 90 valence electrons. The highest BCUT2D eigenvalue weighted by molar-refractivity contribution is 8.00. The lowest BCUT2D eigenvalue weighted by atomic mass is 10.4. The van der Waals surface area contributed by atoms with Gasteiger partial charge in [0.05, 0.1) is 12.9 Å². The highest BCUT2D eigenvalue weighted by atomic mass is 32.2. The van der Waals surface area contributed by atoms with E-state index in [0.29, 0.717) is 5.75 Å². The second kappa shape index (κ2) is 5.37. The lowest BCUT2D eigenvalue weighted by molar-refractivity contribution is 0.0563. The van der Waals surface area contributed by atoms with Gasteiger partial charge >= 0.3 is 5.97 Å². The van der Waals surface area contributed by atoms with E-state index in [0.717, 1.165) is 15.8 Å². The number of aryl methyl sites for hydroxylation is 1. The van der Waals surface area contributed by atoms with Crippen molar-refractivity contribution >= 4 is 29.1 Å². The average Bonchev–Trinajstić information content (AvgIpc) is 2.94. The van der Waals surface area contributed by atoms with Gasteiger partial charge in [-0.3, -0.25) is 0 Å². The van der Waals surface area contributed by atoms with E-state index in [4.69, 9.17) is 4.42 Å². The number of rotatable bonds is 4. The van der Waals surface area contributed by atoms with Gasteiger partial charge in [0.1, 0.15) is 5.76 Å². The van der Waals surface area contributed by atoms with Crippen LogP contribution in [0.3, 0.4) is 0 Å². The van der Waals surface area contributed by atoms with Crippen LogP contribution in [0.4, 0.5) is 0 Å². The molecule has 0 unspecified atom stereocenters. The van der Waals surface area contributed by atoms with Gasteiger partial charge in [0.15, 0.2) is 4.34 Å². The first-order chi connectivity index (χ1) is 8.19. The molecule has 4 nitrogen and oxygen atoms in total. The molecule has 0 spiro atoms. The monoisotopic (exact) mass is 269 g/mol. The number of carbonyl (C=O) groups excluding carboxylic acids is 1. The molecular weight excluding hydrogens is 258 g/mol. The van der Waals surface area contributed by atoms with Crippen molar-refractivity contribution in [2.45, 2.75) is 17.0 Å². The molecule has 17 heavy (non-hydrogen) atoms. The number of hydrogen-bond acceptors (Lipinski definition) is 6. The van der Waals surface area contributed by atoms with E-state index >= 15 is 0 Å². The Morgan fingerprint density at radius 2 is 2.41 bits per heavy atom. The number of methoxy groups -OCH3 is 1. The molecule has 0 saturated heterocycles. The molecule has 0 radical (unpaired) electrons. The topological polar surface area (TPSA) is 52.3 Å². The summed E-state index contributed by atoms with van der Waals surface area (Å²) in [4.78, 5) is 15.5. The van der Waals surface area contributed by atoms with Crippen LogP contribution in [0.25, 0.3) is 0 Å². The molecular formula is C11H11NO3S2. The molecule has 0 N–H and O–H groups in total. The number of thiazole rings is 1. The van der Waals surface area contributed by atoms with Gasteiger partial charge in [-0.05, 0) is 19.1 Å². The predicted molar refractivity (Wildman–Crippen MR) is 66.5 cm³/mol. The van der Waals surface area contributed by atoms with E-state index in [2.05, 4.69) is 9.72 Å². The first-order valence-corrected chi connectivity index (χ1v) is 6.77. The molecule has 0 aliphatic rings. The van der Waals surface area contributed by atoms with Gasteiger partial charge in [0, 0.05) is 11.1 Å². The van der Waals surface area contributed by atoms with Crippen molar-refractivity contribution in [2.24, 2.45) is 0 Å². The van der Waals surface area contributed by atoms with Crippen LogP contribution in [0.1, 0.15) is 22.0 Å². The first kappa shape index (κ1) is 12.2. The lowest BCUT2D eigenvalue weighted by Crippen LogP contribution is -1.98. The van der Waals surface area contributed by atoms with Crippen LogP contribution >= 0.6 is 23.1 Å². The maximum absolute atomic E-state index is 11.2. The van der Waals surface area contributed by atoms with E-state index in [1.165, 1.54) is 7.11 Å². The number of nitrogens with zero attached hydrogens (tertiary/aromatic N) is 1. The Labute approximate surface area is 107 Å². The van der Waals surface area contributed by atoms with Crippen molar-refractivity contribution < 1.29 is 13.9 Å². The molecule has 2 aromatic rings. The van der Waals surface area contributed by atoms with E-state index in [1.54, 1.807) is 35.2 Å². The Balaban J connectivity index is 1.95. The van der Waals surface area contributed by atoms with Crippen molar-refractivity contribution in [1.82, 2.24) is 4.98 Å². The van der Waals surface area contributed by atoms with Gasteiger partial charge in [-0.2, -0.15) is 0 Å². The van der Waals surface area contributed by atoms with Gasteiger partial charge in [0.2, 0.25) is 5.76 Å². The number of carbonyl (C=O) groups is 1. The van der Waals surface area contributed by atoms with Crippen LogP contribution in [-0.2, 0) is 10.5 Å². The zero-order valence-electron chi connectivity index (χ0n) is 9.43. The second-order valence-corrected chi connectivity index (χ2v) is 5.38. The van der Waals surface area contributed by atoms with Crippen molar-refractivity contribution in [3.63, 3.8) is 0 Å². The Morgan fingerprint density at radius 1 is 1.59 bits per heavy atom. The summed E-state index contributed by atoms with van der Waals surface area (Å²) < 4.78 is 10.9. The molecule has 6 heteroatoms. The SMILES string of the molecule is COC(=O)c1ccc(CSc2nc(C)cs2)o1. The largest absolute Gasteiger partial charge is 0.463 e. The molecule has 0 bridgehead atoms. The minimum Gasteiger partial charge on any atom is -0.463 e. The zero-order chi connectivity index (χ0) is 12.3. The predicted octanol–water partition coefficient (Wildman–Crippen LogP) is 3.12. The summed E-state index contributed by atoms with van der Waals surface area (Å²) in [6.07, 6.45) is 0. The fourth-order valence-electron chi connectivity index (χ4n) is 1.20. The Morgan fingerprint density at radius 3 is 3.06 bits per heavy atom. The van der Waals surface area contributed by atoms with Gasteiger partial charge in [-0.15, -0.1) is 11.3 Å². The molecule has 0 aliphatic heterocycles.